The summed E-state index contributed by atoms with van der Waals surface area (Å²) in [5, 5.41) is 2.83. The van der Waals surface area contributed by atoms with Crippen LogP contribution in [0, 0.1) is 0 Å². The first-order valence-electron chi connectivity index (χ1n) is 8.41. The molecule has 7 heteroatoms. The summed E-state index contributed by atoms with van der Waals surface area (Å²) in [6.45, 7) is 0.423. The molecule has 1 amide bonds. The summed E-state index contributed by atoms with van der Waals surface area (Å²) >= 11 is 0. The molecule has 3 N–H and O–H groups in total. The van der Waals surface area contributed by atoms with Crippen molar-refractivity contribution in [2.75, 3.05) is 26.5 Å². The van der Waals surface area contributed by atoms with Crippen molar-refractivity contribution >= 4 is 11.6 Å². The molecule has 0 aliphatic rings. The van der Waals surface area contributed by atoms with Crippen LogP contribution in [-0.4, -0.2) is 31.7 Å². The topological polar surface area (TPSA) is 99.6 Å². The van der Waals surface area contributed by atoms with Crippen molar-refractivity contribution in [3.8, 4) is 23.0 Å². The van der Waals surface area contributed by atoms with E-state index >= 15 is 0 Å². The third-order valence-electron chi connectivity index (χ3n) is 4.06. The van der Waals surface area contributed by atoms with Gasteiger partial charge in [-0.2, -0.15) is 0 Å². The minimum absolute atomic E-state index is 0.222. The number of amides is 1. The normalized spacial score (nSPS) is 10.4. The molecule has 1 aromatic heterocycles. The Hall–Kier alpha value is -3.48. The molecule has 27 heavy (non-hydrogen) atoms. The van der Waals surface area contributed by atoms with Gasteiger partial charge in [-0.15, -0.1) is 0 Å². The van der Waals surface area contributed by atoms with Crippen molar-refractivity contribution in [2.45, 2.75) is 6.42 Å². The fourth-order valence-electron chi connectivity index (χ4n) is 2.61. The molecule has 0 spiro atoms. The SMILES string of the molecule is COc1ccc(OC)c(CCNC(=O)c2coc(-c3ccc(N)cc3)n2)c1. The molecule has 0 radical (unpaired) electrons. The number of ether oxygens (including phenoxy) is 2. The number of carbonyl (C=O) groups is 1. The summed E-state index contributed by atoms with van der Waals surface area (Å²) in [5.41, 5.74) is 8.24. The van der Waals surface area contributed by atoms with Crippen LogP contribution in [0.1, 0.15) is 16.1 Å². The number of hydrogen-bond acceptors (Lipinski definition) is 6. The van der Waals surface area contributed by atoms with Gasteiger partial charge in [-0.25, -0.2) is 4.98 Å². The number of nitrogens with two attached hydrogens (primary N) is 1. The number of aromatic nitrogens is 1. The molecule has 0 saturated carbocycles. The van der Waals surface area contributed by atoms with Crippen LogP contribution in [0.5, 0.6) is 11.5 Å². The predicted molar refractivity (Wildman–Crippen MR) is 102 cm³/mol. The fourth-order valence-corrected chi connectivity index (χ4v) is 2.61. The van der Waals surface area contributed by atoms with Gasteiger partial charge in [0.05, 0.1) is 14.2 Å². The lowest BCUT2D eigenvalue weighted by molar-refractivity contribution is 0.0949. The van der Waals surface area contributed by atoms with E-state index in [1.165, 1.54) is 6.26 Å². The summed E-state index contributed by atoms with van der Waals surface area (Å²) in [6, 6.07) is 12.6. The van der Waals surface area contributed by atoms with Crippen molar-refractivity contribution < 1.29 is 18.7 Å². The number of nitrogens with zero attached hydrogens (tertiary/aromatic N) is 1. The zero-order valence-electron chi connectivity index (χ0n) is 15.2. The van der Waals surface area contributed by atoms with E-state index in [0.717, 1.165) is 22.6 Å². The highest BCUT2D eigenvalue weighted by atomic mass is 16.5. The monoisotopic (exact) mass is 367 g/mol. The zero-order chi connectivity index (χ0) is 19.2. The summed E-state index contributed by atoms with van der Waals surface area (Å²) in [6.07, 6.45) is 1.93. The first-order chi connectivity index (χ1) is 13.1. The van der Waals surface area contributed by atoms with E-state index in [9.17, 15) is 4.79 Å². The molecular formula is C20H21N3O4. The quantitative estimate of drug-likeness (QED) is 0.623. The van der Waals surface area contributed by atoms with Crippen LogP contribution >= 0.6 is 0 Å². The first-order valence-corrected chi connectivity index (χ1v) is 8.41. The Balaban J connectivity index is 1.61. The summed E-state index contributed by atoms with van der Waals surface area (Å²) in [4.78, 5) is 16.5. The largest absolute Gasteiger partial charge is 0.497 e. The van der Waals surface area contributed by atoms with Crippen molar-refractivity contribution in [2.24, 2.45) is 0 Å². The second-order valence-corrected chi connectivity index (χ2v) is 5.84. The Morgan fingerprint density at radius 3 is 2.63 bits per heavy atom. The number of nitrogens with one attached hydrogen (secondary N) is 1. The highest BCUT2D eigenvalue weighted by Crippen LogP contribution is 2.24. The Morgan fingerprint density at radius 1 is 1.15 bits per heavy atom. The number of hydrogen-bond donors (Lipinski definition) is 2. The third-order valence-corrected chi connectivity index (χ3v) is 4.06. The molecule has 1 heterocycles. The van der Waals surface area contributed by atoms with Gasteiger partial charge in [-0.1, -0.05) is 0 Å². The van der Waals surface area contributed by atoms with Gasteiger partial charge in [-0.05, 0) is 54.4 Å². The van der Waals surface area contributed by atoms with Gasteiger partial charge in [0.25, 0.3) is 5.91 Å². The number of carbonyl (C=O) groups excluding carboxylic acids is 1. The molecule has 140 valence electrons. The van der Waals surface area contributed by atoms with Gasteiger partial charge < -0.3 is 24.9 Å². The average molecular weight is 367 g/mol. The van der Waals surface area contributed by atoms with Crippen LogP contribution in [0.15, 0.2) is 53.1 Å². The van der Waals surface area contributed by atoms with Crippen molar-refractivity contribution in [1.29, 1.82) is 0 Å². The maximum Gasteiger partial charge on any atom is 0.273 e. The van der Waals surface area contributed by atoms with Gasteiger partial charge in [0.2, 0.25) is 5.89 Å². The number of anilines is 1. The van der Waals surface area contributed by atoms with E-state index in [-0.39, 0.29) is 11.6 Å². The van der Waals surface area contributed by atoms with Crippen LogP contribution in [0.25, 0.3) is 11.5 Å². The van der Waals surface area contributed by atoms with E-state index in [1.54, 1.807) is 38.5 Å². The summed E-state index contributed by atoms with van der Waals surface area (Å²) in [7, 11) is 3.22. The van der Waals surface area contributed by atoms with Gasteiger partial charge in [0, 0.05) is 17.8 Å². The lowest BCUT2D eigenvalue weighted by atomic mass is 10.1. The Kier molecular flexibility index (Phi) is 5.61. The van der Waals surface area contributed by atoms with Gasteiger partial charge in [0.1, 0.15) is 17.8 Å². The van der Waals surface area contributed by atoms with Crippen LogP contribution in [-0.2, 0) is 6.42 Å². The summed E-state index contributed by atoms with van der Waals surface area (Å²) < 4.78 is 16.0. The van der Waals surface area contributed by atoms with Crippen LogP contribution in [0.3, 0.4) is 0 Å². The lowest BCUT2D eigenvalue weighted by Crippen LogP contribution is -2.26. The van der Waals surface area contributed by atoms with Gasteiger partial charge >= 0.3 is 0 Å². The van der Waals surface area contributed by atoms with Gasteiger partial charge in [-0.3, -0.25) is 4.79 Å². The molecule has 0 aliphatic carbocycles. The minimum atomic E-state index is -0.303. The first kappa shape index (κ1) is 18.3. The van der Waals surface area contributed by atoms with Crippen molar-refractivity contribution in [3.05, 3.63) is 60.0 Å². The maximum absolute atomic E-state index is 12.3. The standard InChI is InChI=1S/C20H21N3O4/c1-25-16-7-8-18(26-2)14(11-16)9-10-22-19(24)17-12-27-20(23-17)13-3-5-15(21)6-4-13/h3-8,11-12H,9-10,21H2,1-2H3,(H,22,24). The molecule has 3 aromatic rings. The van der Waals surface area contributed by atoms with E-state index in [0.29, 0.717) is 24.5 Å². The summed E-state index contributed by atoms with van der Waals surface area (Å²) in [5.74, 6) is 1.55. The Bertz CT molecular complexity index is 919. The van der Waals surface area contributed by atoms with E-state index in [2.05, 4.69) is 10.3 Å². The highest BCUT2D eigenvalue weighted by Gasteiger charge is 2.13. The minimum Gasteiger partial charge on any atom is -0.497 e. The molecule has 0 saturated heterocycles. The van der Waals surface area contributed by atoms with E-state index < -0.39 is 0 Å². The van der Waals surface area contributed by atoms with Crippen LogP contribution in [0.4, 0.5) is 5.69 Å². The highest BCUT2D eigenvalue weighted by molar-refractivity contribution is 5.92. The Morgan fingerprint density at radius 2 is 1.93 bits per heavy atom. The zero-order valence-corrected chi connectivity index (χ0v) is 15.2. The fraction of sp³-hybridized carbons (Fsp3) is 0.200. The number of methoxy groups -OCH3 is 2. The van der Waals surface area contributed by atoms with Crippen molar-refractivity contribution in [1.82, 2.24) is 10.3 Å². The smallest absolute Gasteiger partial charge is 0.273 e. The number of oxazole rings is 1. The third kappa shape index (κ3) is 4.38. The molecule has 0 fully saturated rings. The molecule has 0 bridgehead atoms. The van der Waals surface area contributed by atoms with Crippen molar-refractivity contribution in [3.63, 3.8) is 0 Å². The second kappa shape index (κ2) is 8.27. The number of nitrogen functional groups attached to an aromatic ring is 1. The number of benzene rings is 2. The molecule has 2 aromatic carbocycles. The molecular weight excluding hydrogens is 346 g/mol. The number of rotatable bonds is 7. The molecule has 3 rings (SSSR count). The molecule has 0 atom stereocenters. The maximum atomic E-state index is 12.3. The van der Waals surface area contributed by atoms with E-state index in [1.807, 2.05) is 18.2 Å². The molecule has 7 nitrogen and oxygen atoms in total. The predicted octanol–water partition coefficient (Wildman–Crippen LogP) is 2.91. The molecule has 0 aliphatic heterocycles. The molecule has 0 unspecified atom stereocenters. The second-order valence-electron chi connectivity index (χ2n) is 5.84. The van der Waals surface area contributed by atoms with Crippen LogP contribution < -0.4 is 20.5 Å². The average Bonchev–Trinajstić information content (AvgIpc) is 3.18. The van der Waals surface area contributed by atoms with E-state index in [4.69, 9.17) is 19.6 Å². The Labute approximate surface area is 157 Å². The lowest BCUT2D eigenvalue weighted by Gasteiger charge is -2.10. The van der Waals surface area contributed by atoms with Crippen LogP contribution in [0.2, 0.25) is 0 Å². The van der Waals surface area contributed by atoms with Gasteiger partial charge in [0.15, 0.2) is 5.69 Å².